The molecule has 0 atom stereocenters. The van der Waals surface area contributed by atoms with Gasteiger partial charge in [-0.1, -0.05) is 27.7 Å². The third-order valence-corrected chi connectivity index (χ3v) is 2.84. The van der Waals surface area contributed by atoms with E-state index in [2.05, 4.69) is 39.0 Å². The Bertz CT molecular complexity index is 261. The summed E-state index contributed by atoms with van der Waals surface area (Å²) in [4.78, 5) is 1.38. The molecule has 0 aliphatic carbocycles. The molecule has 0 spiro atoms. The highest BCUT2D eigenvalue weighted by molar-refractivity contribution is 7.05. The minimum absolute atomic E-state index is 0.562. The van der Waals surface area contributed by atoms with Crippen LogP contribution in [-0.4, -0.2) is 4.37 Å². The topological polar surface area (TPSA) is 12.9 Å². The fraction of sp³-hybridized carbons (Fsp3) is 0.700. The molecule has 2 heteroatoms. The molecular formula is C10H17NS. The maximum absolute atomic E-state index is 4.48. The summed E-state index contributed by atoms with van der Waals surface area (Å²) in [7, 11) is 0. The predicted octanol–water partition coefficient (Wildman–Crippen LogP) is 3.70. The van der Waals surface area contributed by atoms with Crippen molar-refractivity contribution in [2.24, 2.45) is 0 Å². The molecule has 0 aliphatic heterocycles. The predicted molar refractivity (Wildman–Crippen MR) is 55.0 cm³/mol. The maximum atomic E-state index is 4.48. The number of aromatic nitrogens is 1. The molecule has 0 N–H and O–H groups in total. The van der Waals surface area contributed by atoms with Crippen LogP contribution in [0.15, 0.2) is 0 Å². The summed E-state index contributed by atoms with van der Waals surface area (Å²) in [5.41, 5.74) is 2.77. The number of rotatable bonds is 2. The highest BCUT2D eigenvalue weighted by atomic mass is 32.1. The fourth-order valence-electron chi connectivity index (χ4n) is 1.52. The zero-order valence-corrected chi connectivity index (χ0v) is 9.33. The van der Waals surface area contributed by atoms with Crippen LogP contribution < -0.4 is 0 Å². The van der Waals surface area contributed by atoms with Crippen molar-refractivity contribution in [1.29, 1.82) is 0 Å². The van der Waals surface area contributed by atoms with E-state index in [0.717, 1.165) is 0 Å². The number of hydrogen-bond acceptors (Lipinski definition) is 2. The SMILES string of the molecule is Cc1snc(C(C)C)c1C(C)C. The summed E-state index contributed by atoms with van der Waals surface area (Å²) in [5, 5.41) is 0. The van der Waals surface area contributed by atoms with E-state index in [-0.39, 0.29) is 0 Å². The lowest BCUT2D eigenvalue weighted by Crippen LogP contribution is -1.97. The monoisotopic (exact) mass is 183 g/mol. The first-order valence-electron chi connectivity index (χ1n) is 4.50. The second kappa shape index (κ2) is 3.56. The average Bonchev–Trinajstić information content (AvgIpc) is 2.30. The number of nitrogens with zero attached hydrogens (tertiary/aromatic N) is 1. The molecule has 0 unspecified atom stereocenters. The van der Waals surface area contributed by atoms with E-state index in [1.807, 2.05) is 0 Å². The van der Waals surface area contributed by atoms with Crippen LogP contribution in [0, 0.1) is 6.92 Å². The molecule has 0 aromatic carbocycles. The standard InChI is InChI=1S/C10H17NS/c1-6(2)9-8(5)12-11-10(9)7(3)4/h6-7H,1-5H3. The highest BCUT2D eigenvalue weighted by Crippen LogP contribution is 2.30. The third-order valence-electron chi connectivity index (χ3n) is 2.06. The lowest BCUT2D eigenvalue weighted by Gasteiger charge is -2.09. The van der Waals surface area contributed by atoms with E-state index in [1.54, 1.807) is 11.5 Å². The van der Waals surface area contributed by atoms with Crippen molar-refractivity contribution >= 4 is 11.5 Å². The van der Waals surface area contributed by atoms with Crippen LogP contribution in [0.1, 0.15) is 55.7 Å². The van der Waals surface area contributed by atoms with Gasteiger partial charge in [-0.15, -0.1) is 0 Å². The number of aryl methyl sites for hydroxylation is 1. The second-order valence-electron chi connectivity index (χ2n) is 3.85. The molecule has 1 nitrogen and oxygen atoms in total. The lowest BCUT2D eigenvalue weighted by atomic mass is 9.96. The van der Waals surface area contributed by atoms with Gasteiger partial charge in [0, 0.05) is 4.88 Å². The first-order valence-corrected chi connectivity index (χ1v) is 5.27. The van der Waals surface area contributed by atoms with E-state index < -0.39 is 0 Å². The Labute approximate surface area is 79.0 Å². The van der Waals surface area contributed by atoms with Gasteiger partial charge in [-0.05, 0) is 35.9 Å². The number of hydrogen-bond donors (Lipinski definition) is 0. The van der Waals surface area contributed by atoms with E-state index in [0.29, 0.717) is 11.8 Å². The normalized spacial score (nSPS) is 11.6. The average molecular weight is 183 g/mol. The highest BCUT2D eigenvalue weighted by Gasteiger charge is 2.15. The molecule has 0 fully saturated rings. The first kappa shape index (κ1) is 9.72. The first-order chi connectivity index (χ1) is 5.54. The zero-order valence-electron chi connectivity index (χ0n) is 8.51. The summed E-state index contributed by atoms with van der Waals surface area (Å²) in [5.74, 6) is 1.17. The van der Waals surface area contributed by atoms with Crippen LogP contribution in [0.2, 0.25) is 0 Å². The Morgan fingerprint density at radius 3 is 2.00 bits per heavy atom. The van der Waals surface area contributed by atoms with Gasteiger partial charge in [0.25, 0.3) is 0 Å². The quantitative estimate of drug-likeness (QED) is 0.681. The molecular weight excluding hydrogens is 166 g/mol. The van der Waals surface area contributed by atoms with Gasteiger partial charge in [0.2, 0.25) is 0 Å². The molecule has 1 heterocycles. The van der Waals surface area contributed by atoms with Crippen LogP contribution in [-0.2, 0) is 0 Å². The molecule has 0 saturated heterocycles. The van der Waals surface area contributed by atoms with Crippen LogP contribution in [0.3, 0.4) is 0 Å². The fourth-order valence-corrected chi connectivity index (χ4v) is 2.50. The van der Waals surface area contributed by atoms with Gasteiger partial charge in [0.05, 0.1) is 5.69 Å². The Kier molecular flexibility index (Phi) is 2.89. The van der Waals surface area contributed by atoms with Crippen LogP contribution in [0.4, 0.5) is 0 Å². The third kappa shape index (κ3) is 1.69. The Hall–Kier alpha value is -0.370. The summed E-state index contributed by atoms with van der Waals surface area (Å²) in [6, 6.07) is 0. The van der Waals surface area contributed by atoms with Crippen molar-refractivity contribution in [3.8, 4) is 0 Å². The molecule has 1 aromatic heterocycles. The van der Waals surface area contributed by atoms with Gasteiger partial charge in [0.1, 0.15) is 0 Å². The molecule has 1 rings (SSSR count). The van der Waals surface area contributed by atoms with E-state index in [1.165, 1.54) is 16.1 Å². The van der Waals surface area contributed by atoms with E-state index in [9.17, 15) is 0 Å². The zero-order chi connectivity index (χ0) is 9.30. The largest absolute Gasteiger partial charge is 0.197 e. The minimum Gasteiger partial charge on any atom is -0.197 e. The molecule has 0 saturated carbocycles. The summed E-state index contributed by atoms with van der Waals surface area (Å²) < 4.78 is 4.48. The summed E-state index contributed by atoms with van der Waals surface area (Å²) in [6.07, 6.45) is 0. The van der Waals surface area contributed by atoms with E-state index >= 15 is 0 Å². The van der Waals surface area contributed by atoms with Crippen molar-refractivity contribution in [1.82, 2.24) is 4.37 Å². The maximum Gasteiger partial charge on any atom is 0.0604 e. The van der Waals surface area contributed by atoms with Crippen LogP contribution in [0.25, 0.3) is 0 Å². The summed E-state index contributed by atoms with van der Waals surface area (Å²) >= 11 is 1.64. The molecule has 0 bridgehead atoms. The minimum atomic E-state index is 0.562. The van der Waals surface area contributed by atoms with Crippen molar-refractivity contribution in [3.63, 3.8) is 0 Å². The lowest BCUT2D eigenvalue weighted by molar-refractivity contribution is 0.772. The Balaban J connectivity index is 3.12. The van der Waals surface area contributed by atoms with Crippen LogP contribution >= 0.6 is 11.5 Å². The molecule has 0 aliphatic rings. The Morgan fingerprint density at radius 2 is 1.67 bits per heavy atom. The van der Waals surface area contributed by atoms with Gasteiger partial charge >= 0.3 is 0 Å². The van der Waals surface area contributed by atoms with Gasteiger partial charge in [-0.2, -0.15) is 4.37 Å². The molecule has 0 radical (unpaired) electrons. The second-order valence-corrected chi connectivity index (χ2v) is 4.82. The van der Waals surface area contributed by atoms with Crippen molar-refractivity contribution in [3.05, 3.63) is 16.1 Å². The molecule has 0 amide bonds. The van der Waals surface area contributed by atoms with Gasteiger partial charge in [-0.3, -0.25) is 0 Å². The van der Waals surface area contributed by atoms with Crippen molar-refractivity contribution in [2.45, 2.75) is 46.5 Å². The van der Waals surface area contributed by atoms with Crippen LogP contribution in [0.5, 0.6) is 0 Å². The molecule has 1 aromatic rings. The summed E-state index contributed by atoms with van der Waals surface area (Å²) in [6.45, 7) is 11.1. The van der Waals surface area contributed by atoms with Gasteiger partial charge in [0.15, 0.2) is 0 Å². The Morgan fingerprint density at radius 1 is 1.08 bits per heavy atom. The van der Waals surface area contributed by atoms with E-state index in [4.69, 9.17) is 0 Å². The van der Waals surface area contributed by atoms with Gasteiger partial charge < -0.3 is 0 Å². The van der Waals surface area contributed by atoms with Crippen molar-refractivity contribution in [2.75, 3.05) is 0 Å². The molecule has 68 valence electrons. The smallest absolute Gasteiger partial charge is 0.0604 e. The van der Waals surface area contributed by atoms with Crippen molar-refractivity contribution < 1.29 is 0 Å². The van der Waals surface area contributed by atoms with Gasteiger partial charge in [-0.25, -0.2) is 0 Å². The molecule has 12 heavy (non-hydrogen) atoms.